The van der Waals surface area contributed by atoms with Gasteiger partial charge in [0.25, 0.3) is 6.29 Å². The van der Waals surface area contributed by atoms with Crippen LogP contribution in [0.4, 0.5) is 0 Å². The van der Waals surface area contributed by atoms with Crippen molar-refractivity contribution in [1.82, 2.24) is 0 Å². The van der Waals surface area contributed by atoms with Crippen LogP contribution in [0.15, 0.2) is 61.1 Å². The Hall–Kier alpha value is -2.33. The van der Waals surface area contributed by atoms with Gasteiger partial charge in [-0.25, -0.2) is 0 Å². The van der Waals surface area contributed by atoms with Gasteiger partial charge in [0.05, 0.1) is 12.2 Å². The minimum absolute atomic E-state index is 0.501. The molecule has 0 aromatic heterocycles. The highest BCUT2D eigenvalue weighted by molar-refractivity contribution is 6.17. The molecule has 132 valence electrons. The van der Waals surface area contributed by atoms with Gasteiger partial charge in [0.15, 0.2) is 0 Å². The third kappa shape index (κ3) is 5.07. The van der Waals surface area contributed by atoms with Gasteiger partial charge in [-0.3, -0.25) is 0 Å². The Bertz CT molecular complexity index is 679. The first kappa shape index (κ1) is 17.5. The molecule has 0 N–H and O–H groups in total. The Morgan fingerprint density at radius 2 is 1.72 bits per heavy atom. The molecule has 2 aromatic carbocycles. The molecular weight excluding hydrogens is 340 g/mol. The Balaban J connectivity index is 1.68. The van der Waals surface area contributed by atoms with E-state index in [1.807, 2.05) is 48.5 Å². The smallest absolute Gasteiger partial charge is 0.270 e. The number of ether oxygens (including phenoxy) is 4. The highest BCUT2D eigenvalue weighted by atomic mass is 35.5. The molecule has 1 aliphatic rings. The van der Waals surface area contributed by atoms with E-state index >= 15 is 0 Å². The fraction of sp³-hybridized carbons (Fsp3) is 0.300. The lowest BCUT2D eigenvalue weighted by atomic mass is 10.1. The monoisotopic (exact) mass is 360 g/mol. The Morgan fingerprint density at radius 3 is 2.48 bits per heavy atom. The lowest BCUT2D eigenvalue weighted by Crippen LogP contribution is -2.06. The predicted octanol–water partition coefficient (Wildman–Crippen LogP) is 5.18. The van der Waals surface area contributed by atoms with Gasteiger partial charge >= 0.3 is 0 Å². The molecule has 25 heavy (non-hydrogen) atoms. The summed E-state index contributed by atoms with van der Waals surface area (Å²) in [6.07, 6.45) is 4.37. The van der Waals surface area contributed by atoms with Gasteiger partial charge in [-0.15, -0.1) is 11.6 Å². The summed E-state index contributed by atoms with van der Waals surface area (Å²) in [7, 11) is 0. The van der Waals surface area contributed by atoms with Crippen LogP contribution in [0.25, 0.3) is 0 Å². The van der Waals surface area contributed by atoms with Gasteiger partial charge < -0.3 is 18.9 Å². The summed E-state index contributed by atoms with van der Waals surface area (Å²) in [5.74, 6) is 2.11. The van der Waals surface area contributed by atoms with E-state index in [1.54, 1.807) is 0 Å². The summed E-state index contributed by atoms with van der Waals surface area (Å²) in [6, 6.07) is 15.7. The van der Waals surface area contributed by atoms with Crippen LogP contribution in [0.3, 0.4) is 0 Å². The molecule has 0 bridgehead atoms. The van der Waals surface area contributed by atoms with Crippen molar-refractivity contribution in [2.24, 2.45) is 0 Å². The predicted molar refractivity (Wildman–Crippen MR) is 96.7 cm³/mol. The first-order valence-electron chi connectivity index (χ1n) is 8.32. The summed E-state index contributed by atoms with van der Waals surface area (Å²) in [4.78, 5) is 0. The van der Waals surface area contributed by atoms with E-state index in [0.29, 0.717) is 19.1 Å². The molecule has 5 heteroatoms. The Morgan fingerprint density at radius 1 is 0.920 bits per heavy atom. The standard InChI is InChI=1S/C20H21ClO4/c21-10-4-5-11-22-19-9-8-17(14-18(19)20-23-12-13-24-20)25-15-16-6-2-1-3-7-16/h1-3,6-9,12-14,20H,4-5,10-11,15H2. The van der Waals surface area contributed by atoms with Crippen LogP contribution in [0.5, 0.6) is 11.5 Å². The molecule has 0 radical (unpaired) electrons. The summed E-state index contributed by atoms with van der Waals surface area (Å²) in [5.41, 5.74) is 1.92. The van der Waals surface area contributed by atoms with E-state index < -0.39 is 6.29 Å². The number of halogens is 1. The van der Waals surface area contributed by atoms with E-state index in [-0.39, 0.29) is 0 Å². The third-order valence-electron chi connectivity index (χ3n) is 3.73. The number of unbranched alkanes of at least 4 members (excludes halogenated alkanes) is 1. The zero-order valence-electron chi connectivity index (χ0n) is 13.9. The molecule has 0 saturated carbocycles. The highest BCUT2D eigenvalue weighted by Gasteiger charge is 2.21. The average molecular weight is 361 g/mol. The topological polar surface area (TPSA) is 36.9 Å². The van der Waals surface area contributed by atoms with Crippen molar-refractivity contribution < 1.29 is 18.9 Å². The minimum atomic E-state index is -0.511. The Labute approximate surface area is 152 Å². The molecule has 0 spiro atoms. The van der Waals surface area contributed by atoms with Crippen molar-refractivity contribution in [1.29, 1.82) is 0 Å². The molecule has 1 heterocycles. The van der Waals surface area contributed by atoms with Crippen LogP contribution >= 0.6 is 11.6 Å². The van der Waals surface area contributed by atoms with Crippen LogP contribution in [0.2, 0.25) is 0 Å². The van der Waals surface area contributed by atoms with Crippen molar-refractivity contribution >= 4 is 11.6 Å². The molecule has 2 aromatic rings. The maximum atomic E-state index is 5.89. The van der Waals surface area contributed by atoms with Crippen LogP contribution in [-0.2, 0) is 16.1 Å². The molecule has 4 nitrogen and oxygen atoms in total. The molecule has 0 saturated heterocycles. The summed E-state index contributed by atoms with van der Waals surface area (Å²) in [5, 5.41) is 0. The number of hydrogen-bond donors (Lipinski definition) is 0. The summed E-state index contributed by atoms with van der Waals surface area (Å²) >= 11 is 5.70. The van der Waals surface area contributed by atoms with Gasteiger partial charge in [0.1, 0.15) is 30.6 Å². The number of alkyl halides is 1. The van der Waals surface area contributed by atoms with Crippen LogP contribution in [0, 0.1) is 0 Å². The van der Waals surface area contributed by atoms with Crippen molar-refractivity contribution in [2.45, 2.75) is 25.7 Å². The lowest BCUT2D eigenvalue weighted by Gasteiger charge is -2.17. The molecule has 0 atom stereocenters. The van der Waals surface area contributed by atoms with Gasteiger partial charge in [-0.05, 0) is 36.6 Å². The van der Waals surface area contributed by atoms with Gasteiger partial charge in [0, 0.05) is 5.88 Å². The fourth-order valence-corrected chi connectivity index (χ4v) is 2.63. The first-order chi connectivity index (χ1) is 12.4. The number of rotatable bonds is 9. The van der Waals surface area contributed by atoms with Crippen LogP contribution in [-0.4, -0.2) is 12.5 Å². The van der Waals surface area contributed by atoms with Crippen LogP contribution in [0.1, 0.15) is 30.3 Å². The Kier molecular flexibility index (Phi) is 6.46. The second-order valence-electron chi connectivity index (χ2n) is 5.59. The van der Waals surface area contributed by atoms with E-state index in [1.165, 1.54) is 12.5 Å². The maximum absolute atomic E-state index is 5.89. The van der Waals surface area contributed by atoms with E-state index in [2.05, 4.69) is 0 Å². The second-order valence-corrected chi connectivity index (χ2v) is 5.97. The van der Waals surface area contributed by atoms with Crippen molar-refractivity contribution in [3.63, 3.8) is 0 Å². The van der Waals surface area contributed by atoms with Gasteiger partial charge in [0.2, 0.25) is 0 Å². The fourth-order valence-electron chi connectivity index (χ4n) is 2.44. The molecular formula is C20H21ClO4. The molecule has 0 amide bonds. The average Bonchev–Trinajstić information content (AvgIpc) is 3.19. The maximum Gasteiger partial charge on any atom is 0.270 e. The summed E-state index contributed by atoms with van der Waals surface area (Å²) < 4.78 is 22.7. The largest absolute Gasteiger partial charge is 0.493 e. The van der Waals surface area contributed by atoms with Gasteiger partial charge in [-0.1, -0.05) is 30.3 Å². The molecule has 3 rings (SSSR count). The zero-order chi connectivity index (χ0) is 17.3. The second kappa shape index (κ2) is 9.23. The number of benzene rings is 2. The quantitative estimate of drug-likeness (QED) is 0.456. The lowest BCUT2D eigenvalue weighted by molar-refractivity contribution is -0.0266. The third-order valence-corrected chi connectivity index (χ3v) is 4.00. The molecule has 1 aliphatic heterocycles. The minimum Gasteiger partial charge on any atom is -0.493 e. The molecule has 0 fully saturated rings. The van der Waals surface area contributed by atoms with Crippen molar-refractivity contribution in [3.8, 4) is 11.5 Å². The van der Waals surface area contributed by atoms with Gasteiger partial charge in [-0.2, -0.15) is 0 Å². The molecule has 0 unspecified atom stereocenters. The van der Waals surface area contributed by atoms with E-state index in [9.17, 15) is 0 Å². The van der Waals surface area contributed by atoms with Crippen molar-refractivity contribution in [2.75, 3.05) is 12.5 Å². The highest BCUT2D eigenvalue weighted by Crippen LogP contribution is 2.35. The zero-order valence-corrected chi connectivity index (χ0v) is 14.7. The van der Waals surface area contributed by atoms with E-state index in [0.717, 1.165) is 35.5 Å². The SMILES string of the molecule is ClCCCCOc1ccc(OCc2ccccc2)cc1C1OC=CO1. The normalized spacial score (nSPS) is 13.3. The van der Waals surface area contributed by atoms with E-state index in [4.69, 9.17) is 30.5 Å². The number of hydrogen-bond acceptors (Lipinski definition) is 4. The van der Waals surface area contributed by atoms with Crippen LogP contribution < -0.4 is 9.47 Å². The molecule has 0 aliphatic carbocycles. The van der Waals surface area contributed by atoms with Crippen molar-refractivity contribution in [3.05, 3.63) is 72.2 Å². The summed E-state index contributed by atoms with van der Waals surface area (Å²) in [6.45, 7) is 1.10. The first-order valence-corrected chi connectivity index (χ1v) is 8.85.